The number of nitro benzene ring substituents is 1. The van der Waals surface area contributed by atoms with Crippen molar-refractivity contribution in [2.24, 2.45) is 0 Å². The van der Waals surface area contributed by atoms with Gasteiger partial charge in [0.25, 0.3) is 5.69 Å². The second kappa shape index (κ2) is 7.39. The molecule has 0 bridgehead atoms. The molecule has 0 aromatic heterocycles. The molecular weight excluding hydrogens is 320 g/mol. The first-order valence-electron chi connectivity index (χ1n) is 9.00. The zero-order chi connectivity index (χ0) is 18.0. The molecule has 3 rings (SSSR count). The predicted molar refractivity (Wildman–Crippen MR) is 95.5 cm³/mol. The van der Waals surface area contributed by atoms with Gasteiger partial charge in [0.2, 0.25) is 0 Å². The number of benzene rings is 1. The van der Waals surface area contributed by atoms with E-state index in [-0.39, 0.29) is 28.7 Å². The highest BCUT2D eigenvalue weighted by molar-refractivity contribution is 5.74. The number of rotatable bonds is 5. The molecule has 2 fully saturated rings. The lowest BCUT2D eigenvalue weighted by atomic mass is 10.0. The fourth-order valence-electron chi connectivity index (χ4n) is 3.45. The molecule has 0 unspecified atom stereocenters. The van der Waals surface area contributed by atoms with E-state index in [0.29, 0.717) is 5.56 Å². The largest absolute Gasteiger partial charge is 0.335 e. The van der Waals surface area contributed by atoms with E-state index in [2.05, 4.69) is 15.5 Å². The first-order chi connectivity index (χ1) is 11.9. The maximum absolute atomic E-state index is 12.2. The monoisotopic (exact) mass is 346 g/mol. The molecule has 1 saturated carbocycles. The van der Waals surface area contributed by atoms with E-state index in [1.165, 1.54) is 18.9 Å². The standard InChI is InChI=1S/C18H26N4O3/c1-12-3-4-14(11-17(12)22(24)25)13(2)19-18(23)20-15-7-9-21(10-8-15)16-5-6-16/h3-4,11,13,15-16H,5-10H2,1-2H3,(H2,19,20,23)/t13-/m1/s1. The van der Waals surface area contributed by atoms with Crippen LogP contribution in [0.2, 0.25) is 0 Å². The summed E-state index contributed by atoms with van der Waals surface area (Å²) in [6.45, 7) is 5.65. The van der Waals surface area contributed by atoms with Gasteiger partial charge < -0.3 is 15.5 Å². The van der Waals surface area contributed by atoms with Crippen molar-refractivity contribution in [3.8, 4) is 0 Å². The minimum absolute atomic E-state index is 0.0824. The number of likely N-dealkylation sites (tertiary alicyclic amines) is 1. The van der Waals surface area contributed by atoms with Crippen molar-refractivity contribution in [1.29, 1.82) is 0 Å². The van der Waals surface area contributed by atoms with Crippen molar-refractivity contribution in [1.82, 2.24) is 15.5 Å². The Morgan fingerprint density at radius 1 is 1.28 bits per heavy atom. The molecule has 1 aliphatic carbocycles. The summed E-state index contributed by atoms with van der Waals surface area (Å²) in [6, 6.07) is 5.57. The number of piperidine rings is 1. The van der Waals surface area contributed by atoms with Crippen LogP contribution in [0.5, 0.6) is 0 Å². The normalized spacial score (nSPS) is 20.1. The van der Waals surface area contributed by atoms with E-state index >= 15 is 0 Å². The van der Waals surface area contributed by atoms with Gasteiger partial charge in [-0.1, -0.05) is 12.1 Å². The number of carbonyl (C=O) groups excluding carboxylic acids is 1. The fraction of sp³-hybridized carbons (Fsp3) is 0.611. The number of urea groups is 1. The van der Waals surface area contributed by atoms with Crippen molar-refractivity contribution in [3.63, 3.8) is 0 Å². The van der Waals surface area contributed by atoms with Gasteiger partial charge >= 0.3 is 6.03 Å². The van der Waals surface area contributed by atoms with Crippen LogP contribution in [0.25, 0.3) is 0 Å². The van der Waals surface area contributed by atoms with Crippen molar-refractivity contribution in [2.75, 3.05) is 13.1 Å². The second-order valence-electron chi connectivity index (χ2n) is 7.18. The zero-order valence-corrected chi connectivity index (χ0v) is 14.8. The van der Waals surface area contributed by atoms with E-state index in [9.17, 15) is 14.9 Å². The van der Waals surface area contributed by atoms with Crippen molar-refractivity contribution >= 4 is 11.7 Å². The number of carbonyl (C=O) groups is 1. The van der Waals surface area contributed by atoms with Gasteiger partial charge in [-0.05, 0) is 45.1 Å². The van der Waals surface area contributed by atoms with Crippen LogP contribution in [-0.4, -0.2) is 41.0 Å². The van der Waals surface area contributed by atoms with Crippen molar-refractivity contribution < 1.29 is 9.72 Å². The van der Waals surface area contributed by atoms with E-state index in [4.69, 9.17) is 0 Å². The van der Waals surface area contributed by atoms with E-state index in [1.807, 2.05) is 13.0 Å². The van der Waals surface area contributed by atoms with Gasteiger partial charge in [0.05, 0.1) is 11.0 Å². The summed E-state index contributed by atoms with van der Waals surface area (Å²) in [4.78, 5) is 25.4. The van der Waals surface area contributed by atoms with Gasteiger partial charge in [-0.15, -0.1) is 0 Å². The van der Waals surface area contributed by atoms with Crippen LogP contribution in [-0.2, 0) is 0 Å². The third-order valence-electron chi connectivity index (χ3n) is 5.21. The SMILES string of the molecule is Cc1ccc([C@@H](C)NC(=O)NC2CCN(C3CC3)CC2)cc1[N+](=O)[O-]. The first-order valence-corrected chi connectivity index (χ1v) is 9.00. The summed E-state index contributed by atoms with van der Waals surface area (Å²) in [5.41, 5.74) is 1.43. The van der Waals surface area contributed by atoms with Gasteiger partial charge in [-0.25, -0.2) is 4.79 Å². The average Bonchev–Trinajstić information content (AvgIpc) is 3.40. The van der Waals surface area contributed by atoms with E-state index < -0.39 is 0 Å². The van der Waals surface area contributed by atoms with Crippen molar-refractivity contribution in [3.05, 3.63) is 39.4 Å². The highest BCUT2D eigenvalue weighted by atomic mass is 16.6. The minimum Gasteiger partial charge on any atom is -0.335 e. The molecule has 7 heteroatoms. The topological polar surface area (TPSA) is 87.5 Å². The van der Waals surface area contributed by atoms with Gasteiger partial charge in [-0.3, -0.25) is 10.1 Å². The molecule has 136 valence electrons. The molecule has 2 aliphatic rings. The van der Waals surface area contributed by atoms with Crippen LogP contribution < -0.4 is 10.6 Å². The average molecular weight is 346 g/mol. The molecule has 0 spiro atoms. The van der Waals surface area contributed by atoms with Crippen LogP contribution >= 0.6 is 0 Å². The summed E-state index contributed by atoms with van der Waals surface area (Å²) in [6.07, 6.45) is 4.60. The highest BCUT2D eigenvalue weighted by Gasteiger charge is 2.32. The van der Waals surface area contributed by atoms with Crippen LogP contribution in [0.1, 0.15) is 49.8 Å². The summed E-state index contributed by atoms with van der Waals surface area (Å²) in [5.74, 6) is 0. The first kappa shape index (κ1) is 17.7. The predicted octanol–water partition coefficient (Wildman–Crippen LogP) is 2.89. The summed E-state index contributed by atoms with van der Waals surface area (Å²) >= 11 is 0. The zero-order valence-electron chi connectivity index (χ0n) is 14.8. The molecular formula is C18H26N4O3. The third-order valence-corrected chi connectivity index (χ3v) is 5.21. The molecule has 1 aromatic rings. The van der Waals surface area contributed by atoms with Gasteiger partial charge in [0.1, 0.15) is 0 Å². The Bertz CT molecular complexity index is 652. The number of aryl methyl sites for hydroxylation is 1. The van der Waals surface area contributed by atoms with Gasteiger partial charge in [-0.2, -0.15) is 0 Å². The Morgan fingerprint density at radius 3 is 2.56 bits per heavy atom. The number of nitrogens with zero attached hydrogens (tertiary/aromatic N) is 2. The molecule has 7 nitrogen and oxygen atoms in total. The van der Waals surface area contributed by atoms with Gasteiger partial charge in [0, 0.05) is 36.8 Å². The number of hydrogen-bond acceptors (Lipinski definition) is 4. The molecule has 2 N–H and O–H groups in total. The third kappa shape index (κ3) is 4.48. The Kier molecular flexibility index (Phi) is 5.22. The van der Waals surface area contributed by atoms with Crippen LogP contribution in [0, 0.1) is 17.0 Å². The smallest absolute Gasteiger partial charge is 0.315 e. The quantitative estimate of drug-likeness (QED) is 0.634. The maximum atomic E-state index is 12.2. The molecule has 25 heavy (non-hydrogen) atoms. The summed E-state index contributed by atoms with van der Waals surface area (Å²) < 4.78 is 0. The number of nitro groups is 1. The van der Waals surface area contributed by atoms with Gasteiger partial charge in [0.15, 0.2) is 0 Å². The molecule has 1 atom stereocenters. The summed E-state index contributed by atoms with van der Waals surface area (Å²) in [7, 11) is 0. The van der Waals surface area contributed by atoms with E-state index in [0.717, 1.165) is 37.5 Å². The number of nitrogens with one attached hydrogen (secondary N) is 2. The van der Waals surface area contributed by atoms with Crippen molar-refractivity contribution in [2.45, 2.75) is 57.7 Å². The minimum atomic E-state index is -0.390. The van der Waals surface area contributed by atoms with Crippen LogP contribution in [0.15, 0.2) is 18.2 Å². The molecule has 1 heterocycles. The lowest BCUT2D eigenvalue weighted by Gasteiger charge is -2.32. The Hall–Kier alpha value is -2.15. The molecule has 1 saturated heterocycles. The number of hydrogen-bond donors (Lipinski definition) is 2. The fourth-order valence-corrected chi connectivity index (χ4v) is 3.45. The lowest BCUT2D eigenvalue weighted by Crippen LogP contribution is -2.48. The molecule has 0 radical (unpaired) electrons. The summed E-state index contributed by atoms with van der Waals surface area (Å²) in [5, 5.41) is 17.0. The Labute approximate surface area is 147 Å². The Morgan fingerprint density at radius 2 is 1.96 bits per heavy atom. The Balaban J connectivity index is 1.50. The highest BCUT2D eigenvalue weighted by Crippen LogP contribution is 2.29. The molecule has 2 amide bonds. The second-order valence-corrected chi connectivity index (χ2v) is 7.18. The lowest BCUT2D eigenvalue weighted by molar-refractivity contribution is -0.385. The van der Waals surface area contributed by atoms with Crippen LogP contribution in [0.4, 0.5) is 10.5 Å². The van der Waals surface area contributed by atoms with Crippen LogP contribution in [0.3, 0.4) is 0 Å². The van der Waals surface area contributed by atoms with E-state index in [1.54, 1.807) is 13.0 Å². The maximum Gasteiger partial charge on any atom is 0.315 e. The number of amides is 2. The molecule has 1 aliphatic heterocycles. The molecule has 1 aromatic carbocycles.